The maximum Gasteiger partial charge on any atom is 0.509 e. The van der Waals surface area contributed by atoms with Crippen molar-refractivity contribution in [3.8, 4) is 0 Å². The smallest absolute Gasteiger partial charge is 0.462 e. The van der Waals surface area contributed by atoms with Crippen LogP contribution in [-0.4, -0.2) is 134 Å². The Morgan fingerprint density at radius 3 is 2.21 bits per heavy atom. The van der Waals surface area contributed by atoms with Crippen LogP contribution in [0.25, 0.3) is 0 Å². The van der Waals surface area contributed by atoms with Crippen molar-refractivity contribution in [1.29, 1.82) is 0 Å². The molecule has 5 aliphatic rings. The first-order valence-corrected chi connectivity index (χ1v) is 18.6. The molecule has 2 N–H and O–H groups in total. The van der Waals surface area contributed by atoms with E-state index < -0.39 is 91.2 Å². The minimum atomic E-state index is -1.34. The lowest BCUT2D eigenvalue weighted by atomic mass is 9.81. The number of carbonyl (C=O) groups is 3. The van der Waals surface area contributed by atoms with Gasteiger partial charge in [-0.1, -0.05) is 20.8 Å². The molecule has 0 aromatic rings. The number of hydrogen-bond donors (Lipinski definition) is 2. The van der Waals surface area contributed by atoms with Gasteiger partial charge in [-0.05, 0) is 64.5 Å². The van der Waals surface area contributed by atoms with E-state index in [0.717, 1.165) is 0 Å². The predicted octanol–water partition coefficient (Wildman–Crippen LogP) is 2.85. The minimum Gasteiger partial charge on any atom is -0.462 e. The molecule has 4 fully saturated rings. The number of esters is 1. The minimum absolute atomic E-state index is 0.0734. The van der Waals surface area contributed by atoms with Gasteiger partial charge in [-0.3, -0.25) is 9.59 Å². The Kier molecular flexibility index (Phi) is 13.4. The summed E-state index contributed by atoms with van der Waals surface area (Å²) in [5.41, 5.74) is -1.33. The second-order valence-electron chi connectivity index (χ2n) is 15.4. The van der Waals surface area contributed by atoms with Crippen LogP contribution >= 0.6 is 0 Å². The predicted molar refractivity (Wildman–Crippen MR) is 181 cm³/mol. The van der Waals surface area contributed by atoms with Crippen LogP contribution in [0.1, 0.15) is 74.1 Å². The van der Waals surface area contributed by atoms with Crippen molar-refractivity contribution in [3.63, 3.8) is 0 Å². The molecular weight excluding hydrogens is 684 g/mol. The number of rotatable bonds is 7. The van der Waals surface area contributed by atoms with Crippen LogP contribution in [-0.2, 0) is 57.0 Å². The quantitative estimate of drug-likeness (QED) is 0.286. The van der Waals surface area contributed by atoms with Crippen LogP contribution in [0.3, 0.4) is 0 Å². The van der Waals surface area contributed by atoms with Crippen molar-refractivity contribution in [1.82, 2.24) is 0 Å². The van der Waals surface area contributed by atoms with E-state index in [2.05, 4.69) is 0 Å². The van der Waals surface area contributed by atoms with Crippen molar-refractivity contribution < 1.29 is 72.0 Å². The molecule has 5 rings (SSSR count). The fourth-order valence-electron chi connectivity index (χ4n) is 8.26. The summed E-state index contributed by atoms with van der Waals surface area (Å²) in [6, 6.07) is 0. The molecule has 4 saturated heterocycles. The second kappa shape index (κ2) is 17.1. The molecule has 52 heavy (non-hydrogen) atoms. The average molecular weight is 743 g/mol. The van der Waals surface area contributed by atoms with Gasteiger partial charge in [0.15, 0.2) is 24.0 Å². The Morgan fingerprint density at radius 1 is 0.846 bits per heavy atom. The number of carbonyl (C=O) groups excluding carboxylic acids is 3. The van der Waals surface area contributed by atoms with Gasteiger partial charge in [0, 0.05) is 38.9 Å². The van der Waals surface area contributed by atoms with Crippen LogP contribution in [0, 0.1) is 23.7 Å². The van der Waals surface area contributed by atoms with Gasteiger partial charge in [-0.2, -0.15) is 0 Å². The van der Waals surface area contributed by atoms with Gasteiger partial charge in [0.1, 0.15) is 42.7 Å². The second-order valence-corrected chi connectivity index (χ2v) is 15.4. The number of allylic oxidation sites excluding steroid dienone is 1. The molecule has 0 saturated carbocycles. The Morgan fingerprint density at radius 2 is 1.56 bits per heavy atom. The number of hydrogen-bond acceptors (Lipinski definition) is 15. The van der Waals surface area contributed by atoms with Gasteiger partial charge in [-0.25, -0.2) is 4.79 Å². The third-order valence-electron chi connectivity index (χ3n) is 11.5. The first-order valence-electron chi connectivity index (χ1n) is 18.6. The summed E-state index contributed by atoms with van der Waals surface area (Å²) in [7, 11) is 2.97. The third-order valence-corrected chi connectivity index (χ3v) is 11.5. The first kappa shape index (κ1) is 41.0. The van der Waals surface area contributed by atoms with Gasteiger partial charge < -0.3 is 57.6 Å². The van der Waals surface area contributed by atoms with Gasteiger partial charge in [0.05, 0.1) is 31.0 Å². The largest absolute Gasteiger partial charge is 0.509 e. The SMILES string of the molecule is CO[C@@H]1[C@@H](OC[C@H]2[C@@H]3O[C@H]3/C=C/C(=O)[C@@H](C)C[C@H](C)[C@H](O[C@H]3O[C@@H](C)C[C@@]4(OC(=O)O[C@H]4C)[C@@H]3O)[C@H](C)CCC(=O)O[C@H]2C)O[C@@H](C)[C@@H](O)[C@@H]1OC. The maximum absolute atomic E-state index is 13.4. The number of ether oxygens (including phenoxy) is 10. The summed E-state index contributed by atoms with van der Waals surface area (Å²) in [5.74, 6) is -1.71. The molecule has 0 aromatic carbocycles. The summed E-state index contributed by atoms with van der Waals surface area (Å²) in [4.78, 5) is 38.8. The first-order chi connectivity index (χ1) is 24.6. The molecule has 0 radical (unpaired) electrons. The lowest BCUT2D eigenvalue weighted by Gasteiger charge is -2.46. The molecule has 0 aromatic heterocycles. The number of ketones is 1. The van der Waals surface area contributed by atoms with Gasteiger partial charge in [0.25, 0.3) is 0 Å². The molecule has 0 bridgehead atoms. The zero-order chi connectivity index (χ0) is 38.1. The lowest BCUT2D eigenvalue weighted by molar-refractivity contribution is -0.310. The van der Waals surface area contributed by atoms with E-state index in [9.17, 15) is 24.6 Å². The van der Waals surface area contributed by atoms with Crippen molar-refractivity contribution in [2.24, 2.45) is 23.7 Å². The Balaban J connectivity index is 1.31. The molecule has 15 heteroatoms. The summed E-state index contributed by atoms with van der Waals surface area (Å²) >= 11 is 0. The van der Waals surface area contributed by atoms with Crippen LogP contribution < -0.4 is 0 Å². The summed E-state index contributed by atoms with van der Waals surface area (Å²) in [6.07, 6.45) is -5.79. The van der Waals surface area contributed by atoms with Crippen molar-refractivity contribution >= 4 is 17.9 Å². The van der Waals surface area contributed by atoms with Crippen molar-refractivity contribution in [3.05, 3.63) is 12.2 Å². The third kappa shape index (κ3) is 8.84. The standard InChI is InChI=1S/C37H58O15/c1-17-10-13-27(39)47-21(5)24(16-45-34-32(44-9)31(43-8)28(40)22(6)48-34)30-26(50-30)12-11-25(38)18(2)14-19(3)29(17)51-35-33(41)37(15-20(4)46-35)23(7)49-36(42)52-37/h11-12,17-24,26,28-35,40-41H,10,13-16H2,1-9H3/b12-11+/t17-,18+,19+,20+,21+,22+,23+,24-,26+,28-,29-,30+,31+,32+,33-,34+,35-,37+/m1/s1. The summed E-state index contributed by atoms with van der Waals surface area (Å²) in [6.45, 7) is 12.8. The molecule has 0 unspecified atom stereocenters. The number of epoxide rings is 1. The summed E-state index contributed by atoms with van der Waals surface area (Å²) < 4.78 is 58.6. The summed E-state index contributed by atoms with van der Waals surface area (Å²) in [5, 5.41) is 22.1. The topological polar surface area (TPSA) is 187 Å². The molecule has 0 amide bonds. The zero-order valence-electron chi connectivity index (χ0n) is 31.7. The van der Waals surface area contributed by atoms with Crippen LogP contribution in [0.4, 0.5) is 4.79 Å². The number of aliphatic hydroxyl groups is 2. The van der Waals surface area contributed by atoms with E-state index in [4.69, 9.17) is 47.4 Å². The number of cyclic esters (lactones) is 2. The zero-order valence-corrected chi connectivity index (χ0v) is 31.7. The van der Waals surface area contributed by atoms with Crippen molar-refractivity contribution in [2.75, 3.05) is 20.8 Å². The molecule has 1 spiro atoms. The van der Waals surface area contributed by atoms with E-state index in [1.807, 2.05) is 27.7 Å². The Hall–Kier alpha value is -2.21. The van der Waals surface area contributed by atoms with Crippen LogP contribution in [0.15, 0.2) is 12.2 Å². The van der Waals surface area contributed by atoms with E-state index in [0.29, 0.717) is 12.8 Å². The van der Waals surface area contributed by atoms with Gasteiger partial charge in [0.2, 0.25) is 0 Å². The molecule has 0 aliphatic carbocycles. The molecule has 5 heterocycles. The lowest BCUT2D eigenvalue weighted by Crippen LogP contribution is -2.62. The highest BCUT2D eigenvalue weighted by molar-refractivity contribution is 5.91. The van der Waals surface area contributed by atoms with E-state index in [-0.39, 0.29) is 55.2 Å². The number of fused-ring (bicyclic) bond motifs is 1. The normalized spacial score (nSPS) is 48.4. The van der Waals surface area contributed by atoms with E-state index >= 15 is 0 Å². The monoisotopic (exact) mass is 742 g/mol. The molecule has 5 aliphatic heterocycles. The number of aliphatic hydroxyl groups excluding tert-OH is 2. The van der Waals surface area contributed by atoms with Crippen LogP contribution in [0.2, 0.25) is 0 Å². The Labute approximate surface area is 305 Å². The molecule has 15 nitrogen and oxygen atoms in total. The average Bonchev–Trinajstić information content (AvgIpc) is 3.79. The molecule has 18 atom stereocenters. The van der Waals surface area contributed by atoms with Gasteiger partial charge in [-0.15, -0.1) is 0 Å². The highest BCUT2D eigenvalue weighted by atomic mass is 16.8. The fraction of sp³-hybridized carbons (Fsp3) is 0.865. The highest BCUT2D eigenvalue weighted by Gasteiger charge is 2.61. The van der Waals surface area contributed by atoms with Crippen LogP contribution in [0.5, 0.6) is 0 Å². The fourth-order valence-corrected chi connectivity index (χ4v) is 8.26. The van der Waals surface area contributed by atoms with E-state index in [1.165, 1.54) is 20.3 Å². The number of methoxy groups -OCH3 is 2. The maximum atomic E-state index is 13.4. The van der Waals surface area contributed by atoms with Crippen molar-refractivity contribution in [2.45, 2.75) is 159 Å². The van der Waals surface area contributed by atoms with E-state index in [1.54, 1.807) is 26.8 Å². The molecular formula is C37H58O15. The highest BCUT2D eigenvalue weighted by Crippen LogP contribution is 2.43. The van der Waals surface area contributed by atoms with Gasteiger partial charge >= 0.3 is 12.1 Å². The molecule has 296 valence electrons. The Bertz CT molecular complexity index is 1280.